The summed E-state index contributed by atoms with van der Waals surface area (Å²) in [5.74, 6) is 2.63. The number of unbranched alkanes of at least 4 members (excludes halogenated alkanes) is 3. The molecule has 0 bridgehead atoms. The zero-order valence-corrected chi connectivity index (χ0v) is 14.1. The van der Waals surface area contributed by atoms with Gasteiger partial charge in [0, 0.05) is 5.88 Å². The third-order valence-electron chi connectivity index (χ3n) is 3.55. The lowest BCUT2D eigenvalue weighted by atomic mass is 10.1. The van der Waals surface area contributed by atoms with Crippen LogP contribution in [-0.2, 0) is 0 Å². The number of alkyl halides is 1. The number of benzene rings is 2. The number of hydrogen-bond acceptors (Lipinski definition) is 2. The molecule has 0 aliphatic rings. The Bertz CT molecular complexity index is 568. The van der Waals surface area contributed by atoms with Gasteiger partial charge in [-0.15, -0.1) is 11.6 Å². The molecule has 0 N–H and O–H groups in total. The first-order valence-electron chi connectivity index (χ1n) is 8.19. The second-order valence-corrected chi connectivity index (χ2v) is 5.85. The molecule has 0 heterocycles. The highest BCUT2D eigenvalue weighted by Crippen LogP contribution is 2.25. The summed E-state index contributed by atoms with van der Waals surface area (Å²) >= 11 is 5.66. The van der Waals surface area contributed by atoms with Crippen LogP contribution in [0.1, 0.15) is 39.0 Å². The second kappa shape index (κ2) is 9.58. The highest BCUT2D eigenvalue weighted by molar-refractivity contribution is 6.17. The van der Waals surface area contributed by atoms with Gasteiger partial charge in [0.05, 0.1) is 13.2 Å². The van der Waals surface area contributed by atoms with Gasteiger partial charge in [-0.25, -0.2) is 0 Å². The maximum Gasteiger partial charge on any atom is 0.119 e. The fourth-order valence-electron chi connectivity index (χ4n) is 2.34. The molecule has 0 unspecified atom stereocenters. The molecular formula is C19H25ClO2. The van der Waals surface area contributed by atoms with E-state index in [1.165, 1.54) is 23.6 Å². The lowest BCUT2D eigenvalue weighted by Crippen LogP contribution is -1.97. The molecule has 0 saturated carbocycles. The predicted octanol–water partition coefficient (Wildman–Crippen LogP) is 5.81. The van der Waals surface area contributed by atoms with Gasteiger partial charge in [0.2, 0.25) is 0 Å². The van der Waals surface area contributed by atoms with Crippen LogP contribution < -0.4 is 9.47 Å². The zero-order chi connectivity index (χ0) is 15.6. The molecule has 0 aliphatic heterocycles. The topological polar surface area (TPSA) is 18.5 Å². The van der Waals surface area contributed by atoms with Crippen molar-refractivity contribution < 1.29 is 9.47 Å². The first kappa shape index (κ1) is 17.0. The SMILES string of the molecule is CCCOc1ccc2cc(OCCCCCCCl)ccc2c1. The van der Waals surface area contributed by atoms with Gasteiger partial charge in [0.15, 0.2) is 0 Å². The Hall–Kier alpha value is -1.41. The van der Waals surface area contributed by atoms with Gasteiger partial charge in [-0.2, -0.15) is 0 Å². The molecule has 3 heteroatoms. The molecule has 0 atom stereocenters. The Morgan fingerprint density at radius 2 is 1.36 bits per heavy atom. The number of rotatable bonds is 10. The Morgan fingerprint density at radius 1 is 0.773 bits per heavy atom. The summed E-state index contributed by atoms with van der Waals surface area (Å²) in [6.45, 7) is 3.64. The van der Waals surface area contributed by atoms with E-state index in [9.17, 15) is 0 Å². The molecule has 0 fully saturated rings. The van der Waals surface area contributed by atoms with Crippen molar-refractivity contribution in [3.05, 3.63) is 36.4 Å². The van der Waals surface area contributed by atoms with Crippen LogP contribution in [-0.4, -0.2) is 19.1 Å². The molecule has 0 aromatic heterocycles. The monoisotopic (exact) mass is 320 g/mol. The van der Waals surface area contributed by atoms with Crippen LogP contribution in [0.5, 0.6) is 11.5 Å². The van der Waals surface area contributed by atoms with Crippen molar-refractivity contribution in [1.29, 1.82) is 0 Å². The average molecular weight is 321 g/mol. The van der Waals surface area contributed by atoms with Crippen molar-refractivity contribution >= 4 is 22.4 Å². The second-order valence-electron chi connectivity index (χ2n) is 5.47. The Kier molecular flexibility index (Phi) is 7.38. The molecule has 22 heavy (non-hydrogen) atoms. The van der Waals surface area contributed by atoms with E-state index in [-0.39, 0.29) is 0 Å². The van der Waals surface area contributed by atoms with Gasteiger partial charge < -0.3 is 9.47 Å². The van der Waals surface area contributed by atoms with Crippen molar-refractivity contribution in [2.24, 2.45) is 0 Å². The third-order valence-corrected chi connectivity index (χ3v) is 3.82. The van der Waals surface area contributed by atoms with Crippen LogP contribution in [0.3, 0.4) is 0 Å². The Morgan fingerprint density at radius 3 is 1.95 bits per heavy atom. The van der Waals surface area contributed by atoms with Crippen LogP contribution in [0, 0.1) is 0 Å². The minimum absolute atomic E-state index is 0.759. The first-order valence-corrected chi connectivity index (χ1v) is 8.72. The molecule has 0 aliphatic carbocycles. The fraction of sp³-hybridized carbons (Fsp3) is 0.474. The molecule has 0 radical (unpaired) electrons. The fourth-order valence-corrected chi connectivity index (χ4v) is 2.53. The molecule has 2 rings (SSSR count). The number of fused-ring (bicyclic) bond motifs is 1. The highest BCUT2D eigenvalue weighted by Gasteiger charge is 2.00. The van der Waals surface area contributed by atoms with Crippen LogP contribution in [0.15, 0.2) is 36.4 Å². The molecule has 0 amide bonds. The van der Waals surface area contributed by atoms with E-state index in [1.807, 2.05) is 12.1 Å². The van der Waals surface area contributed by atoms with Crippen LogP contribution in [0.25, 0.3) is 10.8 Å². The highest BCUT2D eigenvalue weighted by atomic mass is 35.5. The molecule has 2 aromatic rings. The summed E-state index contributed by atoms with van der Waals surface area (Å²) in [5.41, 5.74) is 0. The number of ether oxygens (including phenoxy) is 2. The maximum atomic E-state index is 5.83. The minimum atomic E-state index is 0.759. The van der Waals surface area contributed by atoms with Gasteiger partial charge in [-0.05, 0) is 54.3 Å². The summed E-state index contributed by atoms with van der Waals surface area (Å²) < 4.78 is 11.5. The van der Waals surface area contributed by atoms with E-state index in [0.717, 1.165) is 49.9 Å². The largest absolute Gasteiger partial charge is 0.494 e. The van der Waals surface area contributed by atoms with E-state index in [2.05, 4.69) is 31.2 Å². The predicted molar refractivity (Wildman–Crippen MR) is 94.4 cm³/mol. The Labute approximate surface area is 138 Å². The average Bonchev–Trinajstić information content (AvgIpc) is 2.56. The molecule has 2 nitrogen and oxygen atoms in total. The summed E-state index contributed by atoms with van der Waals surface area (Å²) in [4.78, 5) is 0. The molecule has 0 spiro atoms. The lowest BCUT2D eigenvalue weighted by molar-refractivity contribution is 0.305. The van der Waals surface area contributed by atoms with E-state index >= 15 is 0 Å². The summed E-state index contributed by atoms with van der Waals surface area (Å²) in [6.07, 6.45) is 5.57. The van der Waals surface area contributed by atoms with Crippen molar-refractivity contribution in [1.82, 2.24) is 0 Å². The zero-order valence-electron chi connectivity index (χ0n) is 13.3. The van der Waals surface area contributed by atoms with Crippen molar-refractivity contribution in [2.45, 2.75) is 39.0 Å². The maximum absolute atomic E-state index is 5.83. The summed E-state index contributed by atoms with van der Waals surface area (Å²) in [5, 5.41) is 2.37. The quantitative estimate of drug-likeness (QED) is 0.406. The van der Waals surface area contributed by atoms with Gasteiger partial charge in [-0.1, -0.05) is 31.9 Å². The van der Waals surface area contributed by atoms with Gasteiger partial charge in [0.25, 0.3) is 0 Å². The number of halogens is 1. The summed E-state index contributed by atoms with van der Waals surface area (Å²) in [6, 6.07) is 12.4. The van der Waals surface area contributed by atoms with Crippen molar-refractivity contribution in [2.75, 3.05) is 19.1 Å². The molecule has 120 valence electrons. The van der Waals surface area contributed by atoms with E-state index in [1.54, 1.807) is 0 Å². The van der Waals surface area contributed by atoms with Crippen LogP contribution in [0.4, 0.5) is 0 Å². The van der Waals surface area contributed by atoms with Crippen molar-refractivity contribution in [3.8, 4) is 11.5 Å². The first-order chi connectivity index (χ1) is 10.8. The van der Waals surface area contributed by atoms with E-state index < -0.39 is 0 Å². The third kappa shape index (κ3) is 5.42. The minimum Gasteiger partial charge on any atom is -0.494 e. The molecule has 2 aromatic carbocycles. The van der Waals surface area contributed by atoms with Gasteiger partial charge in [-0.3, -0.25) is 0 Å². The Balaban J connectivity index is 1.87. The van der Waals surface area contributed by atoms with Crippen molar-refractivity contribution in [3.63, 3.8) is 0 Å². The van der Waals surface area contributed by atoms with E-state index in [4.69, 9.17) is 21.1 Å². The van der Waals surface area contributed by atoms with Gasteiger partial charge >= 0.3 is 0 Å². The standard InChI is InChI=1S/C19H25ClO2/c1-2-12-21-18-9-7-17-15-19(10-8-16(17)14-18)22-13-6-4-3-5-11-20/h7-10,14-15H,2-6,11-13H2,1H3. The summed E-state index contributed by atoms with van der Waals surface area (Å²) in [7, 11) is 0. The number of hydrogen-bond donors (Lipinski definition) is 0. The smallest absolute Gasteiger partial charge is 0.119 e. The van der Waals surface area contributed by atoms with Crippen LogP contribution >= 0.6 is 11.6 Å². The van der Waals surface area contributed by atoms with Gasteiger partial charge in [0.1, 0.15) is 11.5 Å². The van der Waals surface area contributed by atoms with Crippen LogP contribution in [0.2, 0.25) is 0 Å². The lowest BCUT2D eigenvalue weighted by Gasteiger charge is -2.09. The normalized spacial score (nSPS) is 10.8. The molecular weight excluding hydrogens is 296 g/mol. The van der Waals surface area contributed by atoms with E-state index in [0.29, 0.717) is 0 Å². The molecule has 0 saturated heterocycles.